The number of fused-ring (bicyclic) bond motifs is 2. The van der Waals surface area contributed by atoms with Crippen LogP contribution in [0.1, 0.15) is 12.8 Å². The van der Waals surface area contributed by atoms with Crippen molar-refractivity contribution in [3.05, 3.63) is 60.8 Å². The predicted octanol–water partition coefficient (Wildman–Crippen LogP) is 4.78. The fourth-order valence-electron chi connectivity index (χ4n) is 4.46. The lowest BCUT2D eigenvalue weighted by Crippen LogP contribution is -2.36. The van der Waals surface area contributed by atoms with Crippen molar-refractivity contribution in [3.8, 4) is 22.9 Å². The SMILES string of the molecule is COC1CCN(c2ccc3nc(-c4ccc5nc(-c6ccccn6)[nH]c5c4)[nH]c3c2)CC1. The number of imidazole rings is 2. The van der Waals surface area contributed by atoms with Gasteiger partial charge in [0.2, 0.25) is 0 Å². The molecule has 0 bridgehead atoms. The maximum absolute atomic E-state index is 5.50. The topological polar surface area (TPSA) is 82.7 Å². The summed E-state index contributed by atoms with van der Waals surface area (Å²) in [5.74, 6) is 1.62. The average Bonchev–Trinajstić information content (AvgIpc) is 3.48. The number of benzene rings is 2. The van der Waals surface area contributed by atoms with Crippen LogP contribution in [0.5, 0.6) is 0 Å². The van der Waals surface area contributed by atoms with E-state index in [1.165, 1.54) is 5.69 Å². The molecule has 2 N–H and O–H groups in total. The van der Waals surface area contributed by atoms with Gasteiger partial charge in [-0.15, -0.1) is 0 Å². The van der Waals surface area contributed by atoms with E-state index in [4.69, 9.17) is 9.72 Å². The van der Waals surface area contributed by atoms with Crippen molar-refractivity contribution in [2.75, 3.05) is 25.1 Å². The molecule has 32 heavy (non-hydrogen) atoms. The molecule has 0 amide bonds. The number of rotatable bonds is 4. The summed E-state index contributed by atoms with van der Waals surface area (Å²) in [5, 5.41) is 0. The molecule has 1 fully saturated rings. The van der Waals surface area contributed by atoms with Crippen molar-refractivity contribution in [3.63, 3.8) is 0 Å². The van der Waals surface area contributed by atoms with E-state index in [9.17, 15) is 0 Å². The molecule has 1 saturated heterocycles. The van der Waals surface area contributed by atoms with Gasteiger partial charge in [0.25, 0.3) is 0 Å². The molecular formula is C25H24N6O. The summed E-state index contributed by atoms with van der Waals surface area (Å²) in [6.07, 6.45) is 4.28. The highest BCUT2D eigenvalue weighted by Gasteiger charge is 2.19. The van der Waals surface area contributed by atoms with E-state index in [1.807, 2.05) is 24.3 Å². The van der Waals surface area contributed by atoms with Gasteiger partial charge in [-0.2, -0.15) is 0 Å². The first-order valence-electron chi connectivity index (χ1n) is 11.0. The Morgan fingerprint density at radius 1 is 0.875 bits per heavy atom. The van der Waals surface area contributed by atoms with E-state index < -0.39 is 0 Å². The van der Waals surface area contributed by atoms with Gasteiger partial charge in [-0.3, -0.25) is 4.98 Å². The molecule has 1 aliphatic rings. The fraction of sp³-hybridized carbons (Fsp3) is 0.240. The first-order valence-corrected chi connectivity index (χ1v) is 11.0. The molecule has 0 radical (unpaired) electrons. The van der Waals surface area contributed by atoms with Crippen molar-refractivity contribution in [1.82, 2.24) is 24.9 Å². The molecule has 0 aliphatic carbocycles. The normalized spacial score (nSPS) is 15.1. The second kappa shape index (κ2) is 7.76. The first kappa shape index (κ1) is 19.0. The number of anilines is 1. The first-order chi connectivity index (χ1) is 15.8. The van der Waals surface area contributed by atoms with E-state index in [-0.39, 0.29) is 0 Å². The maximum atomic E-state index is 5.50. The zero-order valence-electron chi connectivity index (χ0n) is 17.9. The van der Waals surface area contributed by atoms with E-state index in [1.54, 1.807) is 13.3 Å². The van der Waals surface area contributed by atoms with Crippen LogP contribution in [-0.2, 0) is 4.74 Å². The zero-order chi connectivity index (χ0) is 21.5. The third-order valence-electron chi connectivity index (χ3n) is 6.27. The van der Waals surface area contributed by atoms with Gasteiger partial charge < -0.3 is 19.6 Å². The maximum Gasteiger partial charge on any atom is 0.157 e. The van der Waals surface area contributed by atoms with Gasteiger partial charge in [0.15, 0.2) is 5.82 Å². The molecule has 4 heterocycles. The highest BCUT2D eigenvalue weighted by Crippen LogP contribution is 2.28. The second-order valence-electron chi connectivity index (χ2n) is 8.24. The minimum Gasteiger partial charge on any atom is -0.381 e. The molecule has 0 saturated carbocycles. The van der Waals surface area contributed by atoms with Crippen LogP contribution in [0.25, 0.3) is 45.0 Å². The highest BCUT2D eigenvalue weighted by atomic mass is 16.5. The number of aromatic amines is 2. The van der Waals surface area contributed by atoms with Crippen LogP contribution >= 0.6 is 0 Å². The number of aromatic nitrogens is 5. The summed E-state index contributed by atoms with van der Waals surface area (Å²) in [6.45, 7) is 2.03. The summed E-state index contributed by atoms with van der Waals surface area (Å²) in [7, 11) is 1.80. The number of pyridine rings is 1. The Morgan fingerprint density at radius 3 is 2.41 bits per heavy atom. The molecule has 2 aromatic carbocycles. The standard InChI is InChI=1S/C25H24N6O/c1-32-18-9-12-31(13-10-18)17-6-8-20-23(15-17)29-24(27-20)16-5-7-19-22(14-16)30-25(28-19)21-4-2-3-11-26-21/h2-8,11,14-15,18H,9-10,12-13H2,1H3,(H,27,29)(H,28,30). The molecule has 5 aromatic rings. The Hall–Kier alpha value is -3.71. The van der Waals surface area contributed by atoms with E-state index in [0.717, 1.165) is 70.9 Å². The molecule has 7 heteroatoms. The van der Waals surface area contributed by atoms with Gasteiger partial charge in [0, 0.05) is 37.6 Å². The van der Waals surface area contributed by atoms with E-state index >= 15 is 0 Å². The van der Waals surface area contributed by atoms with E-state index in [0.29, 0.717) is 6.10 Å². The van der Waals surface area contributed by atoms with Crippen molar-refractivity contribution >= 4 is 27.8 Å². The summed E-state index contributed by atoms with van der Waals surface area (Å²) in [5.41, 5.74) is 6.96. The molecule has 3 aromatic heterocycles. The Bertz CT molecular complexity index is 1380. The third-order valence-corrected chi connectivity index (χ3v) is 6.27. The van der Waals surface area contributed by atoms with Gasteiger partial charge in [-0.05, 0) is 61.4 Å². The Labute approximate surface area is 185 Å². The Morgan fingerprint density at radius 2 is 1.62 bits per heavy atom. The van der Waals surface area contributed by atoms with Crippen molar-refractivity contribution in [2.45, 2.75) is 18.9 Å². The lowest BCUT2D eigenvalue weighted by atomic mass is 10.1. The van der Waals surface area contributed by atoms with Crippen molar-refractivity contribution in [2.24, 2.45) is 0 Å². The molecular weight excluding hydrogens is 400 g/mol. The number of piperidine rings is 1. The smallest absolute Gasteiger partial charge is 0.157 e. The number of nitrogens with one attached hydrogen (secondary N) is 2. The average molecular weight is 425 g/mol. The van der Waals surface area contributed by atoms with Gasteiger partial charge >= 0.3 is 0 Å². The van der Waals surface area contributed by atoms with Gasteiger partial charge in [0.1, 0.15) is 11.5 Å². The van der Waals surface area contributed by atoms with Crippen molar-refractivity contribution in [1.29, 1.82) is 0 Å². The Kier molecular flexibility index (Phi) is 4.61. The van der Waals surface area contributed by atoms with Crippen LogP contribution in [0, 0.1) is 0 Å². The number of methoxy groups -OCH3 is 1. The molecule has 0 atom stereocenters. The third kappa shape index (κ3) is 3.40. The van der Waals surface area contributed by atoms with Crippen LogP contribution in [0.2, 0.25) is 0 Å². The fourth-order valence-corrected chi connectivity index (χ4v) is 4.46. The van der Waals surface area contributed by atoms with Crippen molar-refractivity contribution < 1.29 is 4.74 Å². The molecule has 0 unspecified atom stereocenters. The van der Waals surface area contributed by atoms with Crippen LogP contribution in [0.15, 0.2) is 60.8 Å². The predicted molar refractivity (Wildman–Crippen MR) is 127 cm³/mol. The summed E-state index contributed by atoms with van der Waals surface area (Å²) in [4.78, 5) is 23.2. The second-order valence-corrected chi connectivity index (χ2v) is 8.24. The summed E-state index contributed by atoms with van der Waals surface area (Å²) in [6, 6.07) is 18.4. The van der Waals surface area contributed by atoms with Gasteiger partial charge in [-0.25, -0.2) is 9.97 Å². The number of ether oxygens (including phenoxy) is 1. The lowest BCUT2D eigenvalue weighted by Gasteiger charge is -2.32. The minimum atomic E-state index is 0.379. The quantitative estimate of drug-likeness (QED) is 0.434. The minimum absolute atomic E-state index is 0.379. The number of hydrogen-bond acceptors (Lipinski definition) is 5. The van der Waals surface area contributed by atoms with Crippen LogP contribution in [0.3, 0.4) is 0 Å². The van der Waals surface area contributed by atoms with Crippen LogP contribution in [0.4, 0.5) is 5.69 Å². The monoisotopic (exact) mass is 424 g/mol. The van der Waals surface area contributed by atoms with Gasteiger partial charge in [0.05, 0.1) is 28.2 Å². The lowest BCUT2D eigenvalue weighted by molar-refractivity contribution is 0.0819. The molecule has 0 spiro atoms. The molecule has 1 aliphatic heterocycles. The van der Waals surface area contributed by atoms with Crippen LogP contribution in [-0.4, -0.2) is 51.2 Å². The summed E-state index contributed by atoms with van der Waals surface area (Å²) >= 11 is 0. The largest absolute Gasteiger partial charge is 0.381 e. The summed E-state index contributed by atoms with van der Waals surface area (Å²) < 4.78 is 5.50. The number of nitrogens with zero attached hydrogens (tertiary/aromatic N) is 4. The molecule has 6 rings (SSSR count). The van der Waals surface area contributed by atoms with Gasteiger partial charge in [-0.1, -0.05) is 6.07 Å². The number of hydrogen-bond donors (Lipinski definition) is 2. The Balaban J connectivity index is 1.30. The number of H-pyrrole nitrogens is 2. The van der Waals surface area contributed by atoms with Crippen LogP contribution < -0.4 is 4.90 Å². The van der Waals surface area contributed by atoms with E-state index in [2.05, 4.69) is 55.2 Å². The zero-order valence-corrected chi connectivity index (χ0v) is 17.9. The highest BCUT2D eigenvalue weighted by molar-refractivity contribution is 5.86. The molecule has 7 nitrogen and oxygen atoms in total. The molecule has 160 valence electrons.